The number of ether oxygens (including phenoxy) is 2. The Morgan fingerprint density at radius 1 is 0.971 bits per heavy atom. The van der Waals surface area contributed by atoms with Crippen LogP contribution >= 0.6 is 0 Å². The Labute approximate surface area is 205 Å². The van der Waals surface area contributed by atoms with E-state index in [9.17, 15) is 4.79 Å². The van der Waals surface area contributed by atoms with Gasteiger partial charge in [0.1, 0.15) is 0 Å². The molecule has 12 nitrogen and oxygen atoms in total. The summed E-state index contributed by atoms with van der Waals surface area (Å²) in [5.74, 6) is 1.14. The Bertz CT molecular complexity index is 896. The molecule has 1 heterocycles. The molecule has 1 amide bonds. The van der Waals surface area contributed by atoms with E-state index in [0.717, 1.165) is 18.5 Å². The molecule has 2 aromatic rings. The number of amides is 1. The zero-order chi connectivity index (χ0) is 24.7. The lowest BCUT2D eigenvalue weighted by Gasteiger charge is -2.26. The highest BCUT2D eigenvalue weighted by atomic mass is 16.5. The third-order valence-corrected chi connectivity index (χ3v) is 5.26. The van der Waals surface area contributed by atoms with Crippen LogP contribution in [0, 0.1) is 0 Å². The molecule has 1 aliphatic rings. The molecular formula is C23H36N8O4. The standard InChI is InChI=1S/C23H36N8O4/c24-9-13-34-15-16-35-14-11-25-20(33)17-5-7-19(8-6-17)28-23-30-21(26-10-2-12-32)29-22(31-23)27-18-3-1-4-18/h5-8,18,32H,1-4,9-16,24H2,(H,25,33)(H3,26,27,28,29,30,31). The van der Waals surface area contributed by atoms with Gasteiger partial charge in [-0.2, -0.15) is 15.0 Å². The van der Waals surface area contributed by atoms with Gasteiger partial charge in [-0.25, -0.2) is 0 Å². The fourth-order valence-corrected chi connectivity index (χ4v) is 3.17. The van der Waals surface area contributed by atoms with E-state index in [-0.39, 0.29) is 12.5 Å². The van der Waals surface area contributed by atoms with Gasteiger partial charge in [-0.1, -0.05) is 0 Å². The molecule has 1 aromatic heterocycles. The van der Waals surface area contributed by atoms with Gasteiger partial charge in [0.05, 0.1) is 26.4 Å². The maximum absolute atomic E-state index is 12.3. The van der Waals surface area contributed by atoms with Crippen LogP contribution < -0.4 is 27.0 Å². The zero-order valence-corrected chi connectivity index (χ0v) is 20.0. The van der Waals surface area contributed by atoms with Crippen molar-refractivity contribution in [3.05, 3.63) is 29.8 Å². The summed E-state index contributed by atoms with van der Waals surface area (Å²) >= 11 is 0. The molecule has 0 atom stereocenters. The van der Waals surface area contributed by atoms with Crippen molar-refractivity contribution in [2.75, 3.05) is 68.6 Å². The number of carbonyl (C=O) groups is 1. The first-order valence-electron chi connectivity index (χ1n) is 12.1. The molecule has 1 fully saturated rings. The minimum atomic E-state index is -0.179. The number of rotatable bonds is 17. The van der Waals surface area contributed by atoms with Crippen LogP contribution in [0.15, 0.2) is 24.3 Å². The molecule has 1 saturated carbocycles. The lowest BCUT2D eigenvalue weighted by molar-refractivity contribution is 0.0511. The fraction of sp³-hybridized carbons (Fsp3) is 0.565. The van der Waals surface area contributed by atoms with Crippen LogP contribution in [0.3, 0.4) is 0 Å². The number of aliphatic hydroxyl groups is 1. The maximum Gasteiger partial charge on any atom is 0.251 e. The van der Waals surface area contributed by atoms with Crippen molar-refractivity contribution in [1.82, 2.24) is 20.3 Å². The first-order valence-corrected chi connectivity index (χ1v) is 12.1. The molecule has 12 heteroatoms. The summed E-state index contributed by atoms with van der Waals surface area (Å²) in [6, 6.07) is 7.43. The van der Waals surface area contributed by atoms with Gasteiger partial charge in [-0.05, 0) is 49.9 Å². The topological polar surface area (TPSA) is 169 Å². The molecule has 0 unspecified atom stereocenters. The average molecular weight is 489 g/mol. The number of hydrogen-bond donors (Lipinski definition) is 6. The second kappa shape index (κ2) is 15.0. The molecule has 3 rings (SSSR count). The predicted octanol–water partition coefficient (Wildman–Crippen LogP) is 1.10. The molecule has 7 N–H and O–H groups in total. The van der Waals surface area contributed by atoms with Gasteiger partial charge in [0.25, 0.3) is 5.91 Å². The lowest BCUT2D eigenvalue weighted by atomic mass is 9.93. The van der Waals surface area contributed by atoms with Gasteiger partial charge in [0, 0.05) is 43.5 Å². The van der Waals surface area contributed by atoms with E-state index in [1.807, 2.05) is 0 Å². The molecule has 0 radical (unpaired) electrons. The van der Waals surface area contributed by atoms with E-state index >= 15 is 0 Å². The van der Waals surface area contributed by atoms with E-state index in [1.165, 1.54) is 6.42 Å². The smallest absolute Gasteiger partial charge is 0.251 e. The molecule has 0 spiro atoms. The summed E-state index contributed by atoms with van der Waals surface area (Å²) in [6.45, 7) is 3.41. The van der Waals surface area contributed by atoms with Crippen LogP contribution in [0.25, 0.3) is 0 Å². The van der Waals surface area contributed by atoms with Crippen molar-refractivity contribution in [2.45, 2.75) is 31.7 Å². The number of benzene rings is 1. The minimum absolute atomic E-state index is 0.0908. The number of aliphatic hydroxyl groups excluding tert-OH is 1. The van der Waals surface area contributed by atoms with Gasteiger partial charge >= 0.3 is 0 Å². The Balaban J connectivity index is 1.49. The van der Waals surface area contributed by atoms with Crippen LogP contribution in [-0.4, -0.2) is 84.7 Å². The van der Waals surface area contributed by atoms with Gasteiger partial charge in [0.15, 0.2) is 0 Å². The van der Waals surface area contributed by atoms with Crippen LogP contribution in [0.5, 0.6) is 0 Å². The van der Waals surface area contributed by atoms with E-state index < -0.39 is 0 Å². The lowest BCUT2D eigenvalue weighted by Crippen LogP contribution is -2.28. The predicted molar refractivity (Wildman–Crippen MR) is 134 cm³/mol. The number of nitrogens with two attached hydrogens (primary N) is 1. The maximum atomic E-state index is 12.3. The largest absolute Gasteiger partial charge is 0.396 e. The summed E-state index contributed by atoms with van der Waals surface area (Å²) in [4.78, 5) is 25.7. The molecule has 1 aromatic carbocycles. The highest BCUT2D eigenvalue weighted by molar-refractivity contribution is 5.94. The van der Waals surface area contributed by atoms with Crippen molar-refractivity contribution in [2.24, 2.45) is 5.73 Å². The first kappa shape index (κ1) is 26.5. The van der Waals surface area contributed by atoms with Crippen molar-refractivity contribution < 1.29 is 19.4 Å². The molecule has 35 heavy (non-hydrogen) atoms. The summed E-state index contributed by atoms with van der Waals surface area (Å²) in [5, 5.41) is 21.5. The third kappa shape index (κ3) is 9.61. The van der Waals surface area contributed by atoms with Crippen LogP contribution in [0.1, 0.15) is 36.0 Å². The van der Waals surface area contributed by atoms with Gasteiger partial charge in [-0.3, -0.25) is 4.79 Å². The average Bonchev–Trinajstić information content (AvgIpc) is 2.83. The summed E-state index contributed by atoms with van der Waals surface area (Å²) in [6.07, 6.45) is 3.99. The summed E-state index contributed by atoms with van der Waals surface area (Å²) < 4.78 is 10.6. The fourth-order valence-electron chi connectivity index (χ4n) is 3.17. The monoisotopic (exact) mass is 488 g/mol. The molecule has 0 saturated heterocycles. The third-order valence-electron chi connectivity index (χ3n) is 5.26. The minimum Gasteiger partial charge on any atom is -0.396 e. The second-order valence-corrected chi connectivity index (χ2v) is 8.05. The number of anilines is 4. The van der Waals surface area contributed by atoms with Gasteiger partial charge < -0.3 is 41.6 Å². The highest BCUT2D eigenvalue weighted by Crippen LogP contribution is 2.23. The molecule has 0 aliphatic heterocycles. The van der Waals surface area contributed by atoms with E-state index in [4.69, 9.17) is 20.3 Å². The molecule has 192 valence electrons. The van der Waals surface area contributed by atoms with Crippen LogP contribution in [0.4, 0.5) is 23.5 Å². The van der Waals surface area contributed by atoms with Crippen LogP contribution in [-0.2, 0) is 9.47 Å². The van der Waals surface area contributed by atoms with Gasteiger partial charge in [-0.15, -0.1) is 0 Å². The van der Waals surface area contributed by atoms with E-state index in [2.05, 4.69) is 36.2 Å². The van der Waals surface area contributed by atoms with Crippen LogP contribution in [0.2, 0.25) is 0 Å². The number of aromatic nitrogens is 3. The Morgan fingerprint density at radius 2 is 1.69 bits per heavy atom. The van der Waals surface area contributed by atoms with Crippen molar-refractivity contribution in [1.29, 1.82) is 0 Å². The molecule has 1 aliphatic carbocycles. The van der Waals surface area contributed by atoms with Crippen molar-refractivity contribution >= 4 is 29.4 Å². The SMILES string of the molecule is NCCOCCOCCNC(=O)c1ccc(Nc2nc(NCCCO)nc(NC3CCC3)n2)cc1. The Morgan fingerprint density at radius 3 is 2.37 bits per heavy atom. The molecule has 0 bridgehead atoms. The van der Waals surface area contributed by atoms with Gasteiger partial charge in [0.2, 0.25) is 17.8 Å². The highest BCUT2D eigenvalue weighted by Gasteiger charge is 2.19. The first-order chi connectivity index (χ1) is 17.2. The Kier molecular flexibility index (Phi) is 11.4. The summed E-state index contributed by atoms with van der Waals surface area (Å²) in [5.41, 5.74) is 6.62. The van der Waals surface area contributed by atoms with Crippen molar-refractivity contribution in [3.63, 3.8) is 0 Å². The Hall–Kier alpha value is -3.06. The molecular weight excluding hydrogens is 452 g/mol. The number of nitrogens with one attached hydrogen (secondary N) is 4. The van der Waals surface area contributed by atoms with E-state index in [0.29, 0.717) is 81.9 Å². The zero-order valence-electron chi connectivity index (χ0n) is 20.0. The normalized spacial score (nSPS) is 13.2. The summed E-state index contributed by atoms with van der Waals surface area (Å²) in [7, 11) is 0. The number of carbonyl (C=O) groups excluding carboxylic acids is 1. The van der Waals surface area contributed by atoms with Crippen molar-refractivity contribution in [3.8, 4) is 0 Å². The second-order valence-electron chi connectivity index (χ2n) is 8.05. The number of hydrogen-bond acceptors (Lipinski definition) is 11. The van der Waals surface area contributed by atoms with E-state index in [1.54, 1.807) is 24.3 Å². The number of nitrogens with zero attached hydrogens (tertiary/aromatic N) is 3. The quantitative estimate of drug-likeness (QED) is 0.176.